The highest BCUT2D eigenvalue weighted by Gasteiger charge is 2.24. The number of rotatable bonds is 3. The molecular formula is C16H13BrN2O3. The lowest BCUT2D eigenvalue weighted by Gasteiger charge is -2.26. The maximum atomic E-state index is 11.8. The maximum Gasteiger partial charge on any atom is 0.328 e. The normalized spacial score (nSPS) is 14.7. The predicted octanol–water partition coefficient (Wildman–Crippen LogP) is 3.69. The number of carbonyl (C=O) groups excluding carboxylic acids is 2. The number of anilines is 1. The summed E-state index contributed by atoms with van der Waals surface area (Å²) >= 11 is 3.45. The van der Waals surface area contributed by atoms with Crippen LogP contribution in [-0.4, -0.2) is 18.5 Å². The van der Waals surface area contributed by atoms with Crippen molar-refractivity contribution in [3.05, 3.63) is 53.0 Å². The summed E-state index contributed by atoms with van der Waals surface area (Å²) in [5, 5.41) is 2.30. The summed E-state index contributed by atoms with van der Waals surface area (Å²) in [6.07, 6.45) is 0.297. The van der Waals surface area contributed by atoms with Gasteiger partial charge >= 0.3 is 6.03 Å². The highest BCUT2D eigenvalue weighted by atomic mass is 79.9. The van der Waals surface area contributed by atoms with Crippen molar-refractivity contribution >= 4 is 33.6 Å². The molecule has 0 bridgehead atoms. The van der Waals surface area contributed by atoms with E-state index in [-0.39, 0.29) is 5.91 Å². The first-order valence-corrected chi connectivity index (χ1v) is 7.56. The lowest BCUT2D eigenvalue weighted by molar-refractivity contribution is -0.120. The number of benzene rings is 2. The first kappa shape index (κ1) is 14.6. The number of ether oxygens (including phenoxy) is 1. The molecular weight excluding hydrogens is 348 g/mol. The van der Waals surface area contributed by atoms with Gasteiger partial charge in [0.1, 0.15) is 11.5 Å². The van der Waals surface area contributed by atoms with Crippen LogP contribution >= 0.6 is 15.9 Å². The summed E-state index contributed by atoms with van der Waals surface area (Å²) in [6.45, 7) is 0.371. The molecule has 1 fully saturated rings. The number of hydrogen-bond acceptors (Lipinski definition) is 3. The smallest absolute Gasteiger partial charge is 0.328 e. The Morgan fingerprint density at radius 2 is 1.86 bits per heavy atom. The SMILES string of the molecule is O=C1CCN(c2ccc(Oc3ccccc3)c(Br)c2)C(=O)N1. The third kappa shape index (κ3) is 3.12. The van der Waals surface area contributed by atoms with E-state index in [1.165, 1.54) is 4.90 Å². The molecule has 0 aliphatic carbocycles. The van der Waals surface area contributed by atoms with E-state index in [1.54, 1.807) is 18.2 Å². The molecule has 112 valence electrons. The molecule has 0 aromatic heterocycles. The molecule has 1 saturated heterocycles. The van der Waals surface area contributed by atoms with Crippen molar-refractivity contribution in [2.24, 2.45) is 0 Å². The van der Waals surface area contributed by atoms with Crippen LogP contribution in [0.3, 0.4) is 0 Å². The number of hydrogen-bond donors (Lipinski definition) is 1. The number of carbonyl (C=O) groups is 2. The Labute approximate surface area is 136 Å². The molecule has 6 heteroatoms. The van der Waals surface area contributed by atoms with Gasteiger partial charge in [0.2, 0.25) is 5.91 Å². The van der Waals surface area contributed by atoms with Crippen molar-refractivity contribution in [2.45, 2.75) is 6.42 Å². The summed E-state index contributed by atoms with van der Waals surface area (Å²) in [5.41, 5.74) is 0.706. The largest absolute Gasteiger partial charge is 0.456 e. The number of urea groups is 1. The van der Waals surface area contributed by atoms with E-state index in [0.29, 0.717) is 24.4 Å². The fourth-order valence-corrected chi connectivity index (χ4v) is 2.61. The molecule has 3 rings (SSSR count). The number of amides is 3. The van der Waals surface area contributed by atoms with Crippen LogP contribution in [0, 0.1) is 0 Å². The highest BCUT2D eigenvalue weighted by molar-refractivity contribution is 9.10. The van der Waals surface area contributed by atoms with Crippen molar-refractivity contribution in [3.63, 3.8) is 0 Å². The summed E-state index contributed by atoms with van der Waals surface area (Å²) in [6, 6.07) is 14.4. The zero-order valence-electron chi connectivity index (χ0n) is 11.6. The van der Waals surface area contributed by atoms with E-state index in [4.69, 9.17) is 4.74 Å². The van der Waals surface area contributed by atoms with Gasteiger partial charge in [-0.15, -0.1) is 0 Å². The topological polar surface area (TPSA) is 58.6 Å². The third-order valence-electron chi connectivity index (χ3n) is 3.25. The van der Waals surface area contributed by atoms with Gasteiger partial charge < -0.3 is 4.74 Å². The van der Waals surface area contributed by atoms with Gasteiger partial charge in [-0.05, 0) is 46.3 Å². The van der Waals surface area contributed by atoms with Gasteiger partial charge in [0.15, 0.2) is 0 Å². The fourth-order valence-electron chi connectivity index (χ4n) is 2.17. The first-order chi connectivity index (χ1) is 10.6. The summed E-state index contributed by atoms with van der Waals surface area (Å²) < 4.78 is 6.51. The molecule has 2 aromatic carbocycles. The van der Waals surface area contributed by atoms with Crippen LogP contribution in [0.25, 0.3) is 0 Å². The van der Waals surface area contributed by atoms with Gasteiger partial charge in [0, 0.05) is 18.7 Å². The molecule has 0 saturated carbocycles. The van der Waals surface area contributed by atoms with Crippen LogP contribution in [0.1, 0.15) is 6.42 Å². The van der Waals surface area contributed by atoms with Crippen molar-refractivity contribution < 1.29 is 14.3 Å². The van der Waals surface area contributed by atoms with E-state index in [9.17, 15) is 9.59 Å². The zero-order chi connectivity index (χ0) is 15.5. The van der Waals surface area contributed by atoms with Crippen LogP contribution in [0.2, 0.25) is 0 Å². The molecule has 0 unspecified atom stereocenters. The van der Waals surface area contributed by atoms with Crippen molar-refractivity contribution in [1.29, 1.82) is 0 Å². The highest BCUT2D eigenvalue weighted by Crippen LogP contribution is 2.33. The average molecular weight is 361 g/mol. The summed E-state index contributed by atoms with van der Waals surface area (Å²) in [5.74, 6) is 1.14. The van der Waals surface area contributed by atoms with E-state index in [1.807, 2.05) is 30.3 Å². The van der Waals surface area contributed by atoms with Gasteiger partial charge in [-0.3, -0.25) is 15.0 Å². The number of imide groups is 1. The molecule has 0 radical (unpaired) electrons. The van der Waals surface area contributed by atoms with Gasteiger partial charge in [-0.1, -0.05) is 18.2 Å². The molecule has 22 heavy (non-hydrogen) atoms. The van der Waals surface area contributed by atoms with Gasteiger partial charge in [-0.25, -0.2) is 4.79 Å². The molecule has 1 aliphatic rings. The second-order valence-corrected chi connectivity index (χ2v) is 5.64. The molecule has 5 nitrogen and oxygen atoms in total. The summed E-state index contributed by atoms with van der Waals surface area (Å²) in [4.78, 5) is 24.6. The van der Waals surface area contributed by atoms with Crippen LogP contribution < -0.4 is 15.0 Å². The predicted molar refractivity (Wildman–Crippen MR) is 86.2 cm³/mol. The monoisotopic (exact) mass is 360 g/mol. The molecule has 0 atom stereocenters. The van der Waals surface area contributed by atoms with Crippen molar-refractivity contribution in [2.75, 3.05) is 11.4 Å². The van der Waals surface area contributed by atoms with E-state index < -0.39 is 6.03 Å². The van der Waals surface area contributed by atoms with Crippen LogP contribution in [0.4, 0.5) is 10.5 Å². The van der Waals surface area contributed by atoms with Crippen molar-refractivity contribution in [1.82, 2.24) is 5.32 Å². The van der Waals surface area contributed by atoms with Gasteiger partial charge in [0.05, 0.1) is 4.47 Å². The number of halogens is 1. The Morgan fingerprint density at radius 3 is 2.55 bits per heavy atom. The average Bonchev–Trinajstić information content (AvgIpc) is 2.50. The minimum absolute atomic E-state index is 0.246. The first-order valence-electron chi connectivity index (χ1n) is 6.77. The van der Waals surface area contributed by atoms with Gasteiger partial charge in [0.25, 0.3) is 0 Å². The minimum Gasteiger partial charge on any atom is -0.456 e. The molecule has 3 amide bonds. The molecule has 1 heterocycles. The number of nitrogens with one attached hydrogen (secondary N) is 1. The molecule has 0 spiro atoms. The summed E-state index contributed by atoms with van der Waals surface area (Å²) in [7, 11) is 0. The molecule has 1 N–H and O–H groups in total. The van der Waals surface area contributed by atoms with E-state index >= 15 is 0 Å². The Kier molecular flexibility index (Phi) is 4.11. The van der Waals surface area contributed by atoms with Crippen molar-refractivity contribution in [3.8, 4) is 11.5 Å². The maximum absolute atomic E-state index is 11.8. The number of para-hydroxylation sites is 1. The minimum atomic E-state index is -0.403. The van der Waals surface area contributed by atoms with Crippen LogP contribution in [-0.2, 0) is 4.79 Å². The third-order valence-corrected chi connectivity index (χ3v) is 3.87. The van der Waals surface area contributed by atoms with E-state index in [2.05, 4.69) is 21.2 Å². The Bertz CT molecular complexity index is 719. The molecule has 2 aromatic rings. The Morgan fingerprint density at radius 1 is 1.09 bits per heavy atom. The lowest BCUT2D eigenvalue weighted by atomic mass is 10.2. The Hall–Kier alpha value is -2.34. The lowest BCUT2D eigenvalue weighted by Crippen LogP contribution is -2.49. The van der Waals surface area contributed by atoms with Crippen LogP contribution in [0.5, 0.6) is 11.5 Å². The standard InChI is InChI=1S/C16H13BrN2O3/c17-13-10-11(19-9-8-15(20)18-16(19)21)6-7-14(13)22-12-4-2-1-3-5-12/h1-7,10H,8-9H2,(H,18,20,21). The zero-order valence-corrected chi connectivity index (χ0v) is 13.2. The fraction of sp³-hybridized carbons (Fsp3) is 0.125. The van der Waals surface area contributed by atoms with Crippen LogP contribution in [0.15, 0.2) is 53.0 Å². The van der Waals surface area contributed by atoms with Gasteiger partial charge in [-0.2, -0.15) is 0 Å². The second-order valence-electron chi connectivity index (χ2n) is 4.78. The number of nitrogens with zero attached hydrogens (tertiary/aromatic N) is 1. The van der Waals surface area contributed by atoms with E-state index in [0.717, 1.165) is 10.2 Å². The quantitative estimate of drug-likeness (QED) is 0.907. The molecule has 1 aliphatic heterocycles. The Balaban J connectivity index is 1.80. The second kappa shape index (κ2) is 6.19.